The lowest BCUT2D eigenvalue weighted by Crippen LogP contribution is -2.03. The molecule has 6 heteroatoms. The molecule has 100 valence electrons. The number of nitrogen functional groups attached to an aromatic ring is 1. The van der Waals surface area contributed by atoms with Gasteiger partial charge in [-0.1, -0.05) is 25.4 Å². The molecule has 0 saturated carbocycles. The zero-order valence-corrected chi connectivity index (χ0v) is 12.9. The van der Waals surface area contributed by atoms with Crippen molar-refractivity contribution < 1.29 is 4.74 Å². The number of rotatable bonds is 3. The van der Waals surface area contributed by atoms with E-state index in [4.69, 9.17) is 22.1 Å². The highest BCUT2D eigenvalue weighted by atomic mass is 79.9. The van der Waals surface area contributed by atoms with Gasteiger partial charge in [0.15, 0.2) is 0 Å². The molecule has 1 heterocycles. The van der Waals surface area contributed by atoms with Gasteiger partial charge in [0, 0.05) is 17.0 Å². The Hall–Kier alpha value is -1.33. The molecule has 0 saturated heterocycles. The number of hydrogen-bond acceptors (Lipinski definition) is 4. The Labute approximate surface area is 125 Å². The monoisotopic (exact) mass is 341 g/mol. The van der Waals surface area contributed by atoms with Crippen LogP contribution in [0.5, 0.6) is 11.6 Å². The highest BCUT2D eigenvalue weighted by Crippen LogP contribution is 2.31. The molecule has 0 aliphatic rings. The number of anilines is 1. The van der Waals surface area contributed by atoms with Gasteiger partial charge in [-0.05, 0) is 34.1 Å². The molecule has 4 nitrogen and oxygen atoms in total. The topological polar surface area (TPSA) is 61.0 Å². The fourth-order valence-electron chi connectivity index (χ4n) is 1.44. The van der Waals surface area contributed by atoms with Gasteiger partial charge in [0.05, 0.1) is 4.47 Å². The normalized spacial score (nSPS) is 10.8. The van der Waals surface area contributed by atoms with E-state index in [2.05, 4.69) is 25.9 Å². The minimum Gasteiger partial charge on any atom is -0.438 e. The van der Waals surface area contributed by atoms with Crippen molar-refractivity contribution >= 4 is 33.3 Å². The van der Waals surface area contributed by atoms with Gasteiger partial charge in [0.25, 0.3) is 0 Å². The lowest BCUT2D eigenvalue weighted by molar-refractivity contribution is 0.455. The Balaban J connectivity index is 2.32. The second kappa shape index (κ2) is 5.75. The van der Waals surface area contributed by atoms with E-state index < -0.39 is 0 Å². The molecule has 0 aliphatic carbocycles. The molecular formula is C13H13BrClN3O. The average molecular weight is 343 g/mol. The Morgan fingerprint density at radius 1 is 1.26 bits per heavy atom. The summed E-state index contributed by atoms with van der Waals surface area (Å²) in [4.78, 5) is 8.49. The average Bonchev–Trinajstić information content (AvgIpc) is 2.32. The summed E-state index contributed by atoms with van der Waals surface area (Å²) in [5.41, 5.74) is 5.75. The number of hydrogen-bond donors (Lipinski definition) is 1. The molecule has 0 spiro atoms. The lowest BCUT2D eigenvalue weighted by atomic mass is 10.2. The highest BCUT2D eigenvalue weighted by molar-refractivity contribution is 9.10. The first-order valence-corrected chi connectivity index (χ1v) is 6.90. The van der Waals surface area contributed by atoms with Crippen LogP contribution in [0.25, 0.3) is 0 Å². The third kappa shape index (κ3) is 3.58. The van der Waals surface area contributed by atoms with Gasteiger partial charge in [-0.3, -0.25) is 0 Å². The molecule has 2 aromatic rings. The van der Waals surface area contributed by atoms with Crippen molar-refractivity contribution in [2.24, 2.45) is 0 Å². The first kappa shape index (κ1) is 14.1. The number of halogens is 2. The first-order chi connectivity index (χ1) is 8.95. The van der Waals surface area contributed by atoms with Crippen LogP contribution >= 0.6 is 27.5 Å². The summed E-state index contributed by atoms with van der Waals surface area (Å²) in [6, 6.07) is 6.85. The molecule has 0 fully saturated rings. The van der Waals surface area contributed by atoms with Crippen LogP contribution in [0.15, 0.2) is 28.7 Å². The van der Waals surface area contributed by atoms with E-state index >= 15 is 0 Å². The van der Waals surface area contributed by atoms with E-state index in [1.165, 1.54) is 0 Å². The minimum atomic E-state index is 0.180. The Kier molecular flexibility index (Phi) is 4.27. The van der Waals surface area contributed by atoms with E-state index in [9.17, 15) is 0 Å². The fourth-order valence-corrected chi connectivity index (χ4v) is 2.21. The molecule has 2 N–H and O–H groups in total. The summed E-state index contributed by atoms with van der Waals surface area (Å²) in [5.74, 6) is 2.26. The molecule has 1 aromatic heterocycles. The van der Waals surface area contributed by atoms with Crippen LogP contribution in [-0.4, -0.2) is 9.97 Å². The van der Waals surface area contributed by atoms with Gasteiger partial charge in [0.2, 0.25) is 5.88 Å². The van der Waals surface area contributed by atoms with E-state index in [1.807, 2.05) is 13.8 Å². The largest absolute Gasteiger partial charge is 0.438 e. The van der Waals surface area contributed by atoms with Gasteiger partial charge < -0.3 is 10.5 Å². The molecule has 1 aromatic carbocycles. The molecule has 0 radical (unpaired) electrons. The summed E-state index contributed by atoms with van der Waals surface area (Å²) in [6.07, 6.45) is 0. The number of nitrogens with zero attached hydrogens (tertiary/aromatic N) is 2. The quantitative estimate of drug-likeness (QED) is 0.898. The molecule has 0 bridgehead atoms. The number of benzene rings is 1. The van der Waals surface area contributed by atoms with E-state index in [1.54, 1.807) is 24.3 Å². The lowest BCUT2D eigenvalue weighted by Gasteiger charge is -2.10. The second-order valence-corrected chi connectivity index (χ2v) is 5.61. The van der Waals surface area contributed by atoms with Crippen molar-refractivity contribution in [3.63, 3.8) is 0 Å². The molecule has 0 aliphatic heterocycles. The molecule has 19 heavy (non-hydrogen) atoms. The maximum atomic E-state index is 5.88. The SMILES string of the molecule is CC(C)c1nc(N)cc(Oc2ccc(Cl)cc2Br)n1. The van der Waals surface area contributed by atoms with Crippen LogP contribution < -0.4 is 10.5 Å². The summed E-state index contributed by atoms with van der Waals surface area (Å²) in [5, 5.41) is 0.629. The van der Waals surface area contributed by atoms with Crippen LogP contribution in [0.4, 0.5) is 5.82 Å². The first-order valence-electron chi connectivity index (χ1n) is 5.73. The maximum absolute atomic E-state index is 5.88. The summed E-state index contributed by atoms with van der Waals surface area (Å²) < 4.78 is 6.45. The van der Waals surface area contributed by atoms with Gasteiger partial charge in [-0.2, -0.15) is 4.98 Å². The van der Waals surface area contributed by atoms with E-state index in [0.717, 1.165) is 4.47 Å². The molecular weight excluding hydrogens is 330 g/mol. The fraction of sp³-hybridized carbons (Fsp3) is 0.231. The zero-order valence-electron chi connectivity index (χ0n) is 10.5. The Bertz CT molecular complexity index is 604. The van der Waals surface area contributed by atoms with E-state index in [-0.39, 0.29) is 5.92 Å². The van der Waals surface area contributed by atoms with Crippen molar-refractivity contribution in [3.8, 4) is 11.6 Å². The zero-order chi connectivity index (χ0) is 14.0. The molecule has 0 amide bonds. The van der Waals surface area contributed by atoms with Gasteiger partial charge >= 0.3 is 0 Å². The molecule has 2 rings (SSSR count). The van der Waals surface area contributed by atoms with Crippen LogP contribution in [0.2, 0.25) is 5.02 Å². The van der Waals surface area contributed by atoms with Crippen molar-refractivity contribution in [1.82, 2.24) is 9.97 Å². The summed E-state index contributed by atoms with van der Waals surface area (Å²) >= 11 is 9.27. The van der Waals surface area contributed by atoms with Gasteiger partial charge in [0.1, 0.15) is 17.4 Å². The highest BCUT2D eigenvalue weighted by Gasteiger charge is 2.10. The maximum Gasteiger partial charge on any atom is 0.224 e. The minimum absolute atomic E-state index is 0.180. The van der Waals surface area contributed by atoms with E-state index in [0.29, 0.717) is 28.3 Å². The summed E-state index contributed by atoms with van der Waals surface area (Å²) in [7, 11) is 0. The third-order valence-electron chi connectivity index (χ3n) is 2.36. The second-order valence-electron chi connectivity index (χ2n) is 4.32. The third-order valence-corrected chi connectivity index (χ3v) is 3.22. The Morgan fingerprint density at radius 3 is 2.63 bits per heavy atom. The summed E-state index contributed by atoms with van der Waals surface area (Å²) in [6.45, 7) is 3.99. The molecule has 0 atom stereocenters. The predicted molar refractivity (Wildman–Crippen MR) is 79.8 cm³/mol. The number of aromatic nitrogens is 2. The van der Waals surface area contributed by atoms with Crippen LogP contribution in [-0.2, 0) is 0 Å². The van der Waals surface area contributed by atoms with Crippen molar-refractivity contribution in [2.75, 3.05) is 5.73 Å². The van der Waals surface area contributed by atoms with Crippen molar-refractivity contribution in [2.45, 2.75) is 19.8 Å². The number of nitrogens with two attached hydrogens (primary N) is 1. The van der Waals surface area contributed by atoms with Crippen LogP contribution in [0.1, 0.15) is 25.6 Å². The van der Waals surface area contributed by atoms with Crippen molar-refractivity contribution in [1.29, 1.82) is 0 Å². The number of ether oxygens (including phenoxy) is 1. The molecule has 0 unspecified atom stereocenters. The Morgan fingerprint density at radius 2 is 2.00 bits per heavy atom. The predicted octanol–water partition coefficient (Wildman–Crippen LogP) is 4.39. The smallest absolute Gasteiger partial charge is 0.224 e. The van der Waals surface area contributed by atoms with Crippen molar-refractivity contribution in [3.05, 3.63) is 39.6 Å². The van der Waals surface area contributed by atoms with Gasteiger partial charge in [-0.25, -0.2) is 4.98 Å². The van der Waals surface area contributed by atoms with Crippen LogP contribution in [0, 0.1) is 0 Å². The van der Waals surface area contributed by atoms with Crippen LogP contribution in [0.3, 0.4) is 0 Å². The van der Waals surface area contributed by atoms with Gasteiger partial charge in [-0.15, -0.1) is 0 Å². The standard InChI is InChI=1S/C13H13BrClN3O/c1-7(2)13-17-11(16)6-12(18-13)19-10-4-3-8(15)5-9(10)14/h3-7H,1-2H3,(H2,16,17,18).